The molecule has 0 radical (unpaired) electrons. The summed E-state index contributed by atoms with van der Waals surface area (Å²) in [4.78, 5) is 23.6. The molecule has 0 atom stereocenters. The second-order valence-electron chi connectivity index (χ2n) is 3.73. The van der Waals surface area contributed by atoms with Crippen molar-refractivity contribution in [1.29, 1.82) is 0 Å². The van der Waals surface area contributed by atoms with Crippen molar-refractivity contribution in [3.8, 4) is 0 Å². The number of rotatable bonds is 3. The molecule has 86 valence electrons. The Morgan fingerprint density at radius 1 is 1.56 bits per heavy atom. The van der Waals surface area contributed by atoms with Crippen molar-refractivity contribution in [3.05, 3.63) is 22.4 Å². The number of likely N-dealkylation sites (tertiary alicyclic amines) is 1. The third-order valence-corrected chi connectivity index (χ3v) is 3.27. The van der Waals surface area contributed by atoms with Gasteiger partial charge in [0.1, 0.15) is 0 Å². The molecule has 1 aromatic heterocycles. The maximum atomic E-state index is 11.5. The largest absolute Gasteiger partial charge is 0.481 e. The van der Waals surface area contributed by atoms with Crippen molar-refractivity contribution in [1.82, 2.24) is 10.2 Å². The second kappa shape index (κ2) is 4.52. The number of aliphatic carboxylic acids is 1. The summed E-state index contributed by atoms with van der Waals surface area (Å²) < 4.78 is 0. The van der Waals surface area contributed by atoms with Crippen LogP contribution in [-0.2, 0) is 11.3 Å². The van der Waals surface area contributed by atoms with Gasteiger partial charge in [0.25, 0.3) is 0 Å². The number of carbonyl (C=O) groups excluding carboxylic acids is 1. The molecule has 0 saturated carbocycles. The number of carbonyl (C=O) groups is 2. The van der Waals surface area contributed by atoms with E-state index >= 15 is 0 Å². The third-order valence-electron chi connectivity index (χ3n) is 2.54. The number of hydrogen-bond donors (Lipinski definition) is 2. The predicted molar refractivity (Wildman–Crippen MR) is 59.3 cm³/mol. The number of urea groups is 1. The highest BCUT2D eigenvalue weighted by Crippen LogP contribution is 2.15. The number of hydrogen-bond acceptors (Lipinski definition) is 3. The zero-order chi connectivity index (χ0) is 11.5. The van der Waals surface area contributed by atoms with Crippen LogP contribution >= 0.6 is 11.3 Å². The van der Waals surface area contributed by atoms with Gasteiger partial charge >= 0.3 is 12.0 Å². The lowest BCUT2D eigenvalue weighted by Gasteiger charge is -2.36. The van der Waals surface area contributed by atoms with Crippen molar-refractivity contribution in [2.45, 2.75) is 6.54 Å². The topological polar surface area (TPSA) is 69.6 Å². The molecule has 2 amide bonds. The molecule has 1 aromatic rings. The summed E-state index contributed by atoms with van der Waals surface area (Å²) in [6.45, 7) is 1.12. The molecule has 0 unspecified atom stereocenters. The third kappa shape index (κ3) is 2.33. The van der Waals surface area contributed by atoms with Crippen LogP contribution in [-0.4, -0.2) is 35.1 Å². The lowest BCUT2D eigenvalue weighted by atomic mass is 10.0. The molecule has 1 aliphatic rings. The molecule has 2 heterocycles. The van der Waals surface area contributed by atoms with Crippen LogP contribution in [0.1, 0.15) is 5.56 Å². The minimum atomic E-state index is -0.832. The van der Waals surface area contributed by atoms with Gasteiger partial charge in [-0.1, -0.05) is 0 Å². The summed E-state index contributed by atoms with van der Waals surface area (Å²) in [5.41, 5.74) is 1.06. The van der Waals surface area contributed by atoms with Gasteiger partial charge < -0.3 is 15.3 Å². The van der Waals surface area contributed by atoms with Crippen LogP contribution in [0.4, 0.5) is 4.79 Å². The number of thiophene rings is 1. The van der Waals surface area contributed by atoms with E-state index in [1.807, 2.05) is 16.8 Å². The number of nitrogens with zero attached hydrogens (tertiary/aromatic N) is 1. The number of nitrogens with one attached hydrogen (secondary N) is 1. The van der Waals surface area contributed by atoms with Gasteiger partial charge in [0.15, 0.2) is 0 Å². The van der Waals surface area contributed by atoms with Crippen LogP contribution in [0, 0.1) is 5.92 Å². The van der Waals surface area contributed by atoms with Crippen molar-refractivity contribution < 1.29 is 14.7 Å². The van der Waals surface area contributed by atoms with Crippen LogP contribution < -0.4 is 5.32 Å². The Kier molecular flexibility index (Phi) is 3.09. The molecule has 5 nitrogen and oxygen atoms in total. The molecule has 1 fully saturated rings. The van der Waals surface area contributed by atoms with E-state index < -0.39 is 11.9 Å². The van der Waals surface area contributed by atoms with E-state index in [9.17, 15) is 9.59 Å². The quantitative estimate of drug-likeness (QED) is 0.827. The highest BCUT2D eigenvalue weighted by Gasteiger charge is 2.35. The lowest BCUT2D eigenvalue weighted by Crippen LogP contribution is -2.56. The standard InChI is InChI=1S/C10H12N2O3S/c13-9(14)8-4-12(5-8)10(15)11-3-7-1-2-16-6-7/h1-2,6,8H,3-5H2,(H,11,15)(H,13,14). The van der Waals surface area contributed by atoms with Crippen molar-refractivity contribution >= 4 is 23.3 Å². The normalized spacial score (nSPS) is 15.6. The summed E-state index contributed by atoms with van der Waals surface area (Å²) in [7, 11) is 0. The first-order valence-electron chi connectivity index (χ1n) is 4.93. The van der Waals surface area contributed by atoms with E-state index in [2.05, 4.69) is 5.32 Å². The van der Waals surface area contributed by atoms with E-state index in [4.69, 9.17) is 5.11 Å². The van der Waals surface area contributed by atoms with E-state index in [0.29, 0.717) is 19.6 Å². The second-order valence-corrected chi connectivity index (χ2v) is 4.51. The predicted octanol–water partition coefficient (Wildman–Crippen LogP) is 0.974. The molecular weight excluding hydrogens is 228 g/mol. The van der Waals surface area contributed by atoms with Crippen molar-refractivity contribution in [3.63, 3.8) is 0 Å². The molecule has 0 aliphatic carbocycles. The summed E-state index contributed by atoms with van der Waals surface area (Å²) in [5, 5.41) is 15.3. The van der Waals surface area contributed by atoms with Gasteiger partial charge in [0.2, 0.25) is 0 Å². The highest BCUT2D eigenvalue weighted by atomic mass is 32.1. The van der Waals surface area contributed by atoms with E-state index in [1.165, 1.54) is 4.90 Å². The Morgan fingerprint density at radius 3 is 2.88 bits per heavy atom. The van der Waals surface area contributed by atoms with Crippen LogP contribution in [0.3, 0.4) is 0 Å². The van der Waals surface area contributed by atoms with E-state index in [0.717, 1.165) is 5.56 Å². The van der Waals surface area contributed by atoms with E-state index in [-0.39, 0.29) is 6.03 Å². The fourth-order valence-corrected chi connectivity index (χ4v) is 2.15. The minimum Gasteiger partial charge on any atom is -0.481 e. The fraction of sp³-hybridized carbons (Fsp3) is 0.400. The number of carboxylic acids is 1. The van der Waals surface area contributed by atoms with Gasteiger partial charge in [0, 0.05) is 19.6 Å². The molecule has 6 heteroatoms. The maximum absolute atomic E-state index is 11.5. The summed E-state index contributed by atoms with van der Waals surface area (Å²) >= 11 is 1.58. The number of carboxylic acid groups (broad SMARTS) is 1. The molecule has 1 aliphatic heterocycles. The molecule has 1 saturated heterocycles. The monoisotopic (exact) mass is 240 g/mol. The molecule has 16 heavy (non-hydrogen) atoms. The zero-order valence-corrected chi connectivity index (χ0v) is 9.37. The van der Waals surface area contributed by atoms with Gasteiger partial charge in [-0.2, -0.15) is 11.3 Å². The molecule has 0 spiro atoms. The van der Waals surface area contributed by atoms with E-state index in [1.54, 1.807) is 11.3 Å². The van der Waals surface area contributed by atoms with Gasteiger partial charge in [-0.25, -0.2) is 4.79 Å². The average molecular weight is 240 g/mol. The Labute approximate surface area is 96.7 Å². The molecule has 2 N–H and O–H groups in total. The smallest absolute Gasteiger partial charge is 0.317 e. The van der Waals surface area contributed by atoms with Gasteiger partial charge in [-0.15, -0.1) is 0 Å². The first kappa shape index (κ1) is 10.9. The summed E-state index contributed by atoms with van der Waals surface area (Å²) in [6.07, 6.45) is 0. The lowest BCUT2D eigenvalue weighted by molar-refractivity contribution is -0.146. The Balaban J connectivity index is 1.72. The molecule has 0 bridgehead atoms. The van der Waals surface area contributed by atoms with Crippen molar-refractivity contribution in [2.24, 2.45) is 5.92 Å². The summed E-state index contributed by atoms with van der Waals surface area (Å²) in [5.74, 6) is -1.23. The van der Waals surface area contributed by atoms with Crippen LogP contribution in [0.5, 0.6) is 0 Å². The van der Waals surface area contributed by atoms with Gasteiger partial charge in [-0.05, 0) is 22.4 Å². The molecule has 0 aromatic carbocycles. The minimum absolute atomic E-state index is 0.191. The molecular formula is C10H12N2O3S. The average Bonchev–Trinajstić information content (AvgIpc) is 2.63. The first-order chi connectivity index (χ1) is 7.66. The van der Waals surface area contributed by atoms with Crippen LogP contribution in [0.15, 0.2) is 16.8 Å². The Morgan fingerprint density at radius 2 is 2.31 bits per heavy atom. The van der Waals surface area contributed by atoms with Crippen molar-refractivity contribution in [2.75, 3.05) is 13.1 Å². The Hall–Kier alpha value is -1.56. The van der Waals surface area contributed by atoms with Crippen LogP contribution in [0.25, 0.3) is 0 Å². The van der Waals surface area contributed by atoms with Crippen LogP contribution in [0.2, 0.25) is 0 Å². The van der Waals surface area contributed by atoms with Gasteiger partial charge in [-0.3, -0.25) is 4.79 Å². The van der Waals surface area contributed by atoms with Gasteiger partial charge in [0.05, 0.1) is 5.92 Å². The fourth-order valence-electron chi connectivity index (χ4n) is 1.48. The maximum Gasteiger partial charge on any atom is 0.317 e. The highest BCUT2D eigenvalue weighted by molar-refractivity contribution is 7.07. The Bertz CT molecular complexity index is 385. The SMILES string of the molecule is O=C(O)C1CN(C(=O)NCc2ccsc2)C1. The number of amides is 2. The first-order valence-corrected chi connectivity index (χ1v) is 5.88. The zero-order valence-electron chi connectivity index (χ0n) is 8.55. The molecule has 2 rings (SSSR count). The summed E-state index contributed by atoms with van der Waals surface area (Å²) in [6, 6.07) is 1.75.